The van der Waals surface area contributed by atoms with Gasteiger partial charge in [0.2, 0.25) is 10.0 Å². The van der Waals surface area contributed by atoms with Crippen LogP contribution in [0.5, 0.6) is 0 Å². The zero-order valence-corrected chi connectivity index (χ0v) is 14.7. The molecule has 0 radical (unpaired) electrons. The molecule has 1 saturated heterocycles. The number of carbonyl (C=O) groups excluding carboxylic acids is 2. The van der Waals surface area contributed by atoms with Crippen LogP contribution in [0.3, 0.4) is 0 Å². The fourth-order valence-corrected chi connectivity index (χ4v) is 3.02. The van der Waals surface area contributed by atoms with E-state index in [1.807, 2.05) is 0 Å². The first-order valence-corrected chi connectivity index (χ1v) is 9.78. The molecule has 0 spiro atoms. The summed E-state index contributed by atoms with van der Waals surface area (Å²) in [6.45, 7) is 1.36. The van der Waals surface area contributed by atoms with Crippen molar-refractivity contribution in [2.24, 2.45) is 0 Å². The number of amides is 2. The van der Waals surface area contributed by atoms with Gasteiger partial charge >= 0.3 is 12.0 Å². The first kappa shape index (κ1) is 19.7. The summed E-state index contributed by atoms with van der Waals surface area (Å²) in [7, 11) is -1.91. The molecule has 0 bridgehead atoms. The molecule has 8 nitrogen and oxygen atoms in total. The number of urea groups is 1. The van der Waals surface area contributed by atoms with E-state index in [2.05, 4.69) is 14.8 Å². The highest BCUT2D eigenvalue weighted by atomic mass is 32.2. The van der Waals surface area contributed by atoms with Gasteiger partial charge in [0.05, 0.1) is 13.4 Å². The molecule has 0 saturated carbocycles. The van der Waals surface area contributed by atoms with E-state index in [0.29, 0.717) is 32.4 Å². The largest absolute Gasteiger partial charge is 0.469 e. The van der Waals surface area contributed by atoms with Crippen molar-refractivity contribution in [2.75, 3.05) is 33.0 Å². The monoisotopic (exact) mass is 349 g/mol. The summed E-state index contributed by atoms with van der Waals surface area (Å²) < 4.78 is 29.4. The van der Waals surface area contributed by atoms with Crippen LogP contribution in [0.15, 0.2) is 0 Å². The molecule has 9 heteroatoms. The average Bonchev–Trinajstić information content (AvgIpc) is 2.51. The van der Waals surface area contributed by atoms with Gasteiger partial charge in [0.1, 0.15) is 0 Å². The summed E-state index contributed by atoms with van der Waals surface area (Å²) in [5.41, 5.74) is 0. The third-order valence-electron chi connectivity index (χ3n) is 3.78. The smallest absolute Gasteiger partial charge is 0.317 e. The maximum absolute atomic E-state index is 12.2. The molecular weight excluding hydrogens is 322 g/mol. The van der Waals surface area contributed by atoms with Crippen molar-refractivity contribution in [2.45, 2.75) is 44.6 Å². The molecular formula is C14H27N3O5S. The molecule has 2 amide bonds. The standard InChI is InChI=1S/C14H27N3O5S/c1-22-13(18)8-3-5-9-15-14(19)17-10-6-4-7-12(17)11-16-23(2,20)21/h12,16H,3-11H2,1-2H3,(H,15,19). The van der Waals surface area contributed by atoms with Gasteiger partial charge < -0.3 is 15.0 Å². The summed E-state index contributed by atoms with van der Waals surface area (Å²) in [6.07, 6.45) is 5.51. The van der Waals surface area contributed by atoms with E-state index in [4.69, 9.17) is 0 Å². The number of likely N-dealkylation sites (tertiary alicyclic amines) is 1. The molecule has 2 N–H and O–H groups in total. The maximum Gasteiger partial charge on any atom is 0.317 e. The number of ether oxygens (including phenoxy) is 1. The van der Waals surface area contributed by atoms with Crippen LogP contribution < -0.4 is 10.0 Å². The minimum absolute atomic E-state index is 0.117. The van der Waals surface area contributed by atoms with Crippen molar-refractivity contribution in [3.63, 3.8) is 0 Å². The Morgan fingerprint density at radius 1 is 1.26 bits per heavy atom. The Labute approximate surface area is 138 Å². The Balaban J connectivity index is 2.34. The molecule has 1 heterocycles. The van der Waals surface area contributed by atoms with Crippen LogP contribution in [0, 0.1) is 0 Å². The number of carbonyl (C=O) groups is 2. The predicted octanol–water partition coefficient (Wildman–Crippen LogP) is 0.443. The lowest BCUT2D eigenvalue weighted by atomic mass is 10.0. The molecule has 1 aliphatic heterocycles. The van der Waals surface area contributed by atoms with Gasteiger partial charge in [-0.2, -0.15) is 0 Å². The second-order valence-corrected chi connectivity index (χ2v) is 7.56. The minimum Gasteiger partial charge on any atom is -0.469 e. The quantitative estimate of drug-likeness (QED) is 0.489. The fourth-order valence-electron chi connectivity index (χ4n) is 2.52. The van der Waals surface area contributed by atoms with E-state index in [-0.39, 0.29) is 24.6 Å². The zero-order chi connectivity index (χ0) is 17.3. The van der Waals surface area contributed by atoms with Gasteiger partial charge in [-0.1, -0.05) is 0 Å². The van der Waals surface area contributed by atoms with Crippen LogP contribution in [-0.2, 0) is 19.6 Å². The second kappa shape index (κ2) is 9.71. The normalized spacial score (nSPS) is 18.5. The number of sulfonamides is 1. The zero-order valence-electron chi connectivity index (χ0n) is 13.8. The Kier molecular flexibility index (Phi) is 8.32. The van der Waals surface area contributed by atoms with E-state index >= 15 is 0 Å². The number of methoxy groups -OCH3 is 1. The first-order valence-electron chi connectivity index (χ1n) is 7.89. The van der Waals surface area contributed by atoms with E-state index < -0.39 is 10.0 Å². The maximum atomic E-state index is 12.2. The molecule has 1 rings (SSSR count). The summed E-state index contributed by atoms with van der Waals surface area (Å²) >= 11 is 0. The molecule has 0 aromatic carbocycles. The number of rotatable bonds is 8. The lowest BCUT2D eigenvalue weighted by Crippen LogP contribution is -2.52. The highest BCUT2D eigenvalue weighted by Crippen LogP contribution is 2.16. The highest BCUT2D eigenvalue weighted by molar-refractivity contribution is 7.88. The van der Waals surface area contributed by atoms with Crippen LogP contribution in [0.2, 0.25) is 0 Å². The highest BCUT2D eigenvalue weighted by Gasteiger charge is 2.26. The van der Waals surface area contributed by atoms with Crippen molar-refractivity contribution in [3.05, 3.63) is 0 Å². The van der Waals surface area contributed by atoms with E-state index in [0.717, 1.165) is 25.5 Å². The van der Waals surface area contributed by atoms with Crippen molar-refractivity contribution in [3.8, 4) is 0 Å². The molecule has 1 fully saturated rings. The Hall–Kier alpha value is -1.35. The number of piperidine rings is 1. The van der Waals surface area contributed by atoms with Gasteiger partial charge in [-0.05, 0) is 32.1 Å². The van der Waals surface area contributed by atoms with E-state index in [9.17, 15) is 18.0 Å². The summed E-state index contributed by atoms with van der Waals surface area (Å²) in [4.78, 5) is 24.9. The molecule has 134 valence electrons. The van der Waals surface area contributed by atoms with Gasteiger partial charge in [-0.15, -0.1) is 0 Å². The molecule has 1 unspecified atom stereocenters. The van der Waals surface area contributed by atoms with Crippen molar-refractivity contribution in [1.29, 1.82) is 0 Å². The molecule has 1 aliphatic rings. The van der Waals surface area contributed by atoms with Crippen LogP contribution >= 0.6 is 0 Å². The SMILES string of the molecule is COC(=O)CCCCNC(=O)N1CCCCC1CNS(C)(=O)=O. The molecule has 1 atom stereocenters. The van der Waals surface area contributed by atoms with Gasteiger partial charge in [0.25, 0.3) is 0 Å². The lowest BCUT2D eigenvalue weighted by Gasteiger charge is -2.35. The number of hydrogen-bond donors (Lipinski definition) is 2. The van der Waals surface area contributed by atoms with Gasteiger partial charge in [0, 0.05) is 32.1 Å². The molecule has 0 aliphatic carbocycles. The Bertz CT molecular complexity index is 495. The topological polar surface area (TPSA) is 105 Å². The van der Waals surface area contributed by atoms with Gasteiger partial charge in [-0.25, -0.2) is 17.9 Å². The third kappa shape index (κ3) is 8.17. The van der Waals surface area contributed by atoms with Crippen LogP contribution in [-0.4, -0.2) is 64.4 Å². The van der Waals surface area contributed by atoms with Crippen LogP contribution in [0.25, 0.3) is 0 Å². The van der Waals surface area contributed by atoms with Crippen molar-refractivity contribution < 1.29 is 22.7 Å². The Morgan fingerprint density at radius 2 is 2.00 bits per heavy atom. The first-order chi connectivity index (χ1) is 10.8. The number of esters is 1. The molecule has 0 aromatic heterocycles. The van der Waals surface area contributed by atoms with E-state index in [1.54, 1.807) is 4.90 Å². The van der Waals surface area contributed by atoms with Crippen LogP contribution in [0.4, 0.5) is 4.79 Å². The molecule has 0 aromatic rings. The van der Waals surface area contributed by atoms with Crippen LogP contribution in [0.1, 0.15) is 38.5 Å². The Morgan fingerprint density at radius 3 is 2.65 bits per heavy atom. The van der Waals surface area contributed by atoms with E-state index in [1.165, 1.54) is 7.11 Å². The third-order valence-corrected chi connectivity index (χ3v) is 4.47. The summed E-state index contributed by atoms with van der Waals surface area (Å²) in [5.74, 6) is -0.251. The summed E-state index contributed by atoms with van der Waals surface area (Å²) in [6, 6.07) is -0.295. The number of hydrogen-bond acceptors (Lipinski definition) is 5. The molecule has 23 heavy (non-hydrogen) atoms. The van der Waals surface area contributed by atoms with Crippen molar-refractivity contribution >= 4 is 22.0 Å². The fraction of sp³-hybridized carbons (Fsp3) is 0.857. The lowest BCUT2D eigenvalue weighted by molar-refractivity contribution is -0.140. The van der Waals surface area contributed by atoms with Gasteiger partial charge in [-0.3, -0.25) is 4.79 Å². The second-order valence-electron chi connectivity index (χ2n) is 5.73. The number of nitrogens with zero attached hydrogens (tertiary/aromatic N) is 1. The average molecular weight is 349 g/mol. The van der Waals surface area contributed by atoms with Crippen molar-refractivity contribution in [1.82, 2.24) is 14.9 Å². The summed E-state index contributed by atoms with van der Waals surface area (Å²) in [5, 5.41) is 2.83. The van der Waals surface area contributed by atoms with Gasteiger partial charge in [0.15, 0.2) is 0 Å². The predicted molar refractivity (Wildman–Crippen MR) is 86.5 cm³/mol. The minimum atomic E-state index is -3.26. The number of nitrogens with one attached hydrogen (secondary N) is 2. The number of unbranched alkanes of at least 4 members (excludes halogenated alkanes) is 1.